The minimum absolute atomic E-state index is 0.0859. The predicted molar refractivity (Wildman–Crippen MR) is 58.5 cm³/mol. The summed E-state index contributed by atoms with van der Waals surface area (Å²) in [5, 5.41) is 9.12. The van der Waals surface area contributed by atoms with E-state index in [-0.39, 0.29) is 5.92 Å². The fraction of sp³-hybridized carbons (Fsp3) is 0.417. The van der Waals surface area contributed by atoms with E-state index in [0.29, 0.717) is 35.8 Å². The quantitative estimate of drug-likeness (QED) is 0.834. The number of aromatic carboxylic acids is 1. The lowest BCUT2D eigenvalue weighted by Gasteiger charge is -2.23. The molecule has 4 nitrogen and oxygen atoms in total. The number of ether oxygens (including phenoxy) is 2. The first-order valence-electron chi connectivity index (χ1n) is 5.27. The highest BCUT2D eigenvalue weighted by Gasteiger charge is 2.23. The topological polar surface area (TPSA) is 55.8 Å². The monoisotopic (exact) mass is 222 g/mol. The first-order chi connectivity index (χ1) is 7.61. The summed E-state index contributed by atoms with van der Waals surface area (Å²) in [5.41, 5.74) is 1.00. The maximum Gasteiger partial charge on any atom is 0.336 e. The van der Waals surface area contributed by atoms with Gasteiger partial charge in [-0.05, 0) is 18.1 Å². The third-order valence-electron chi connectivity index (χ3n) is 2.56. The number of benzene rings is 1. The molecule has 1 aliphatic heterocycles. The van der Waals surface area contributed by atoms with Gasteiger partial charge in [0.2, 0.25) is 0 Å². The molecule has 0 spiro atoms. The minimum Gasteiger partial charge on any atom is -0.486 e. The van der Waals surface area contributed by atoms with Crippen molar-refractivity contribution in [1.82, 2.24) is 0 Å². The summed E-state index contributed by atoms with van der Waals surface area (Å²) in [6.07, 6.45) is 0. The van der Waals surface area contributed by atoms with Crippen LogP contribution in [0, 0.1) is 0 Å². The van der Waals surface area contributed by atoms with Gasteiger partial charge in [0.05, 0.1) is 5.56 Å². The highest BCUT2D eigenvalue weighted by atomic mass is 16.6. The summed E-state index contributed by atoms with van der Waals surface area (Å²) in [6, 6.07) is 3.23. The van der Waals surface area contributed by atoms with Gasteiger partial charge in [0.1, 0.15) is 13.2 Å². The van der Waals surface area contributed by atoms with Crippen LogP contribution in [-0.2, 0) is 0 Å². The zero-order valence-electron chi connectivity index (χ0n) is 9.32. The van der Waals surface area contributed by atoms with Gasteiger partial charge in [0.15, 0.2) is 11.5 Å². The van der Waals surface area contributed by atoms with Crippen LogP contribution in [-0.4, -0.2) is 24.3 Å². The van der Waals surface area contributed by atoms with Gasteiger partial charge < -0.3 is 14.6 Å². The number of fused-ring (bicyclic) bond motifs is 1. The average molecular weight is 222 g/mol. The molecule has 0 unspecified atom stereocenters. The molecule has 0 bridgehead atoms. The zero-order valence-corrected chi connectivity index (χ0v) is 9.32. The molecule has 1 N–H and O–H groups in total. The Labute approximate surface area is 93.8 Å². The van der Waals surface area contributed by atoms with Crippen molar-refractivity contribution in [2.75, 3.05) is 13.2 Å². The number of hydrogen-bond donors (Lipinski definition) is 1. The molecule has 86 valence electrons. The molecule has 0 radical (unpaired) electrons. The Morgan fingerprint density at radius 2 is 2.00 bits per heavy atom. The molecule has 1 aliphatic rings. The van der Waals surface area contributed by atoms with Crippen molar-refractivity contribution in [2.45, 2.75) is 19.8 Å². The van der Waals surface area contributed by atoms with E-state index in [1.807, 2.05) is 13.8 Å². The lowest BCUT2D eigenvalue weighted by molar-refractivity contribution is 0.0693. The number of carboxylic acid groups (broad SMARTS) is 1. The van der Waals surface area contributed by atoms with Crippen LogP contribution in [0.25, 0.3) is 0 Å². The second kappa shape index (κ2) is 4.04. The molecule has 16 heavy (non-hydrogen) atoms. The normalized spacial score (nSPS) is 13.9. The first kappa shape index (κ1) is 10.8. The lowest BCUT2D eigenvalue weighted by Crippen LogP contribution is -2.18. The van der Waals surface area contributed by atoms with Crippen molar-refractivity contribution in [2.24, 2.45) is 0 Å². The average Bonchev–Trinajstić information content (AvgIpc) is 2.27. The van der Waals surface area contributed by atoms with E-state index in [1.54, 1.807) is 12.1 Å². The van der Waals surface area contributed by atoms with Crippen LogP contribution in [0.5, 0.6) is 11.5 Å². The third kappa shape index (κ3) is 1.71. The summed E-state index contributed by atoms with van der Waals surface area (Å²) >= 11 is 0. The van der Waals surface area contributed by atoms with Crippen LogP contribution in [0.15, 0.2) is 12.1 Å². The highest BCUT2D eigenvalue weighted by Crippen LogP contribution is 2.39. The summed E-state index contributed by atoms with van der Waals surface area (Å²) in [5.74, 6) is 0.379. The van der Waals surface area contributed by atoms with Gasteiger partial charge in [-0.25, -0.2) is 4.79 Å². The lowest BCUT2D eigenvalue weighted by atomic mass is 9.95. The molecular formula is C12H14O4. The Kier molecular flexibility index (Phi) is 2.73. The fourth-order valence-corrected chi connectivity index (χ4v) is 1.90. The van der Waals surface area contributed by atoms with Crippen LogP contribution in [0.4, 0.5) is 0 Å². The van der Waals surface area contributed by atoms with E-state index in [9.17, 15) is 4.79 Å². The van der Waals surface area contributed by atoms with Crippen LogP contribution in [0.2, 0.25) is 0 Å². The highest BCUT2D eigenvalue weighted by molar-refractivity contribution is 5.91. The molecule has 4 heteroatoms. The maximum absolute atomic E-state index is 11.1. The second-order valence-corrected chi connectivity index (χ2v) is 4.01. The van der Waals surface area contributed by atoms with E-state index in [4.69, 9.17) is 14.6 Å². The summed E-state index contributed by atoms with van der Waals surface area (Å²) in [4.78, 5) is 11.1. The van der Waals surface area contributed by atoms with E-state index in [1.165, 1.54) is 0 Å². The molecule has 2 rings (SSSR count). The second-order valence-electron chi connectivity index (χ2n) is 4.01. The Bertz CT molecular complexity index is 423. The van der Waals surface area contributed by atoms with E-state index in [0.717, 1.165) is 0 Å². The Morgan fingerprint density at radius 3 is 2.62 bits per heavy atom. The predicted octanol–water partition coefficient (Wildman–Crippen LogP) is 2.28. The smallest absolute Gasteiger partial charge is 0.336 e. The van der Waals surface area contributed by atoms with Gasteiger partial charge in [0, 0.05) is 5.56 Å². The van der Waals surface area contributed by atoms with Crippen molar-refractivity contribution < 1.29 is 19.4 Å². The number of rotatable bonds is 2. The molecular weight excluding hydrogens is 208 g/mol. The molecule has 0 aliphatic carbocycles. The van der Waals surface area contributed by atoms with Crippen molar-refractivity contribution in [3.8, 4) is 11.5 Å². The first-order valence-corrected chi connectivity index (χ1v) is 5.27. The Hall–Kier alpha value is -1.71. The summed E-state index contributed by atoms with van der Waals surface area (Å²) in [6.45, 7) is 4.87. The van der Waals surface area contributed by atoms with E-state index >= 15 is 0 Å². The molecule has 0 saturated heterocycles. The Balaban J connectivity index is 2.61. The van der Waals surface area contributed by atoms with E-state index in [2.05, 4.69) is 0 Å². The maximum atomic E-state index is 11.1. The van der Waals surface area contributed by atoms with Gasteiger partial charge in [-0.15, -0.1) is 0 Å². The van der Waals surface area contributed by atoms with Gasteiger partial charge in [-0.2, -0.15) is 0 Å². The fourth-order valence-electron chi connectivity index (χ4n) is 1.90. The van der Waals surface area contributed by atoms with Crippen LogP contribution < -0.4 is 9.47 Å². The largest absolute Gasteiger partial charge is 0.486 e. The van der Waals surface area contributed by atoms with Gasteiger partial charge >= 0.3 is 5.97 Å². The molecule has 0 fully saturated rings. The van der Waals surface area contributed by atoms with Crippen molar-refractivity contribution >= 4 is 5.97 Å². The van der Waals surface area contributed by atoms with E-state index < -0.39 is 5.97 Å². The molecule has 0 aromatic heterocycles. The van der Waals surface area contributed by atoms with Gasteiger partial charge in [0.25, 0.3) is 0 Å². The molecule has 1 aromatic carbocycles. The summed E-state index contributed by atoms with van der Waals surface area (Å²) in [7, 11) is 0. The molecule has 0 amide bonds. The molecule has 0 atom stereocenters. The van der Waals surface area contributed by atoms with Crippen LogP contribution in [0.1, 0.15) is 35.7 Å². The molecule has 0 saturated carbocycles. The Morgan fingerprint density at radius 1 is 1.31 bits per heavy atom. The number of carbonyl (C=O) groups is 1. The molecule has 1 heterocycles. The zero-order chi connectivity index (χ0) is 11.7. The van der Waals surface area contributed by atoms with Gasteiger partial charge in [-0.3, -0.25) is 0 Å². The van der Waals surface area contributed by atoms with Gasteiger partial charge in [-0.1, -0.05) is 13.8 Å². The molecule has 1 aromatic rings. The van der Waals surface area contributed by atoms with Crippen LogP contribution >= 0.6 is 0 Å². The summed E-state index contributed by atoms with van der Waals surface area (Å²) < 4.78 is 10.9. The SMILES string of the molecule is CC(C)c1c(C(=O)O)ccc2c1OCCO2. The van der Waals surface area contributed by atoms with Crippen molar-refractivity contribution in [3.63, 3.8) is 0 Å². The minimum atomic E-state index is -0.930. The third-order valence-corrected chi connectivity index (χ3v) is 2.56. The van der Waals surface area contributed by atoms with Crippen LogP contribution in [0.3, 0.4) is 0 Å². The van der Waals surface area contributed by atoms with Crippen molar-refractivity contribution in [1.29, 1.82) is 0 Å². The number of hydrogen-bond acceptors (Lipinski definition) is 3. The van der Waals surface area contributed by atoms with Crippen molar-refractivity contribution in [3.05, 3.63) is 23.3 Å². The number of carboxylic acids is 1. The standard InChI is InChI=1S/C12H14O4/c1-7(2)10-8(12(13)14)3-4-9-11(10)16-6-5-15-9/h3-4,7H,5-6H2,1-2H3,(H,13,14).